The summed E-state index contributed by atoms with van der Waals surface area (Å²) in [5, 5.41) is 0. The Labute approximate surface area is 319 Å². The minimum Gasteiger partial charge on any atom is -0.492 e. The number of nitrogens with zero attached hydrogens (tertiary/aromatic N) is 1. The molecule has 1 unspecified atom stereocenters. The van der Waals surface area contributed by atoms with Gasteiger partial charge in [-0.05, 0) is 50.7 Å². The molecule has 0 aliphatic heterocycles. The molecule has 1 N–H and O–H groups in total. The Morgan fingerprint density at radius 3 is 1.79 bits per heavy atom. The van der Waals surface area contributed by atoms with Crippen molar-refractivity contribution in [2.45, 2.75) is 174 Å². The van der Waals surface area contributed by atoms with Crippen molar-refractivity contribution in [1.82, 2.24) is 0 Å². The molecule has 0 fully saturated rings. The third-order valence-corrected chi connectivity index (χ3v) is 9.75. The van der Waals surface area contributed by atoms with Crippen LogP contribution in [0.15, 0.2) is 36.6 Å². The molecule has 0 aromatic carbocycles. The number of hydrogen-bond acceptors (Lipinski definition) is 7. The molecular formula is C42H79NO8P+. The van der Waals surface area contributed by atoms with Gasteiger partial charge in [0.2, 0.25) is 0 Å². The van der Waals surface area contributed by atoms with Crippen LogP contribution in [0.25, 0.3) is 0 Å². The zero-order chi connectivity index (χ0) is 38.6. The Morgan fingerprint density at radius 1 is 0.654 bits per heavy atom. The van der Waals surface area contributed by atoms with Gasteiger partial charge in [-0.15, -0.1) is 0 Å². The summed E-state index contributed by atoms with van der Waals surface area (Å²) in [7, 11) is 1.61. The van der Waals surface area contributed by atoms with Gasteiger partial charge >= 0.3 is 13.8 Å². The van der Waals surface area contributed by atoms with Crippen LogP contribution in [-0.2, 0) is 32.7 Å². The van der Waals surface area contributed by atoms with Crippen molar-refractivity contribution in [3.05, 3.63) is 36.6 Å². The van der Waals surface area contributed by atoms with Crippen LogP contribution in [0.1, 0.15) is 168 Å². The second-order valence-corrected chi connectivity index (χ2v) is 16.6. The van der Waals surface area contributed by atoms with Crippen LogP contribution in [0.2, 0.25) is 0 Å². The standard InChI is InChI=1S/C42H78NO8P/c1-6-8-10-12-14-15-16-17-18-19-20-22-27-31-36-48-41(39-51-52(46,47)50-37-35-43(3,4)5)38-49-42(45)34-30-26-23-25-29-33-40(44)32-28-24-21-13-11-9-7-2/h21,24,28,31-32,36,41H,6-20,22-23,25-27,29-30,33-35,37-39H2,1-5H3/p+1/b24-21-,32-28+,36-31+/t41-/m1/s1. The number of rotatable bonds is 38. The molecule has 0 saturated heterocycles. The van der Waals surface area contributed by atoms with Gasteiger partial charge < -0.3 is 18.9 Å². The molecular weight excluding hydrogens is 677 g/mol. The number of ketones is 1. The summed E-state index contributed by atoms with van der Waals surface area (Å²) in [6.07, 6.45) is 36.6. The quantitative estimate of drug-likeness (QED) is 0.0126. The van der Waals surface area contributed by atoms with Gasteiger partial charge in [0.15, 0.2) is 11.9 Å². The molecule has 2 atom stereocenters. The van der Waals surface area contributed by atoms with Crippen molar-refractivity contribution in [2.24, 2.45) is 0 Å². The van der Waals surface area contributed by atoms with E-state index >= 15 is 0 Å². The Morgan fingerprint density at radius 2 is 1.17 bits per heavy atom. The smallest absolute Gasteiger partial charge is 0.472 e. The van der Waals surface area contributed by atoms with E-state index in [1.165, 1.54) is 89.9 Å². The van der Waals surface area contributed by atoms with Crippen LogP contribution in [0.5, 0.6) is 0 Å². The van der Waals surface area contributed by atoms with Gasteiger partial charge in [-0.25, -0.2) is 4.57 Å². The maximum atomic E-state index is 12.4. The fourth-order valence-corrected chi connectivity index (χ4v) is 6.14. The first-order valence-electron chi connectivity index (χ1n) is 20.7. The number of esters is 1. The molecule has 0 spiro atoms. The fraction of sp³-hybridized carbons (Fsp3) is 0.810. The number of ether oxygens (including phenoxy) is 2. The predicted molar refractivity (Wildman–Crippen MR) is 215 cm³/mol. The monoisotopic (exact) mass is 757 g/mol. The van der Waals surface area contributed by atoms with Gasteiger partial charge in [0.1, 0.15) is 19.8 Å². The molecule has 0 aliphatic rings. The molecule has 0 aromatic rings. The van der Waals surface area contributed by atoms with Crippen LogP contribution in [0.3, 0.4) is 0 Å². The largest absolute Gasteiger partial charge is 0.492 e. The van der Waals surface area contributed by atoms with Gasteiger partial charge in [0, 0.05) is 12.8 Å². The number of hydrogen-bond donors (Lipinski definition) is 1. The maximum Gasteiger partial charge on any atom is 0.472 e. The number of quaternary nitrogens is 1. The van der Waals surface area contributed by atoms with Crippen molar-refractivity contribution in [3.8, 4) is 0 Å². The van der Waals surface area contributed by atoms with Gasteiger partial charge in [0.25, 0.3) is 0 Å². The normalized spacial score (nSPS) is 14.0. The summed E-state index contributed by atoms with van der Waals surface area (Å²) in [6.45, 7) is 4.71. The van der Waals surface area contributed by atoms with Crippen molar-refractivity contribution in [1.29, 1.82) is 0 Å². The number of phosphoric ester groups is 1. The first-order chi connectivity index (χ1) is 25.0. The molecule has 0 aromatic heterocycles. The molecule has 52 heavy (non-hydrogen) atoms. The van der Waals surface area contributed by atoms with E-state index in [1.807, 2.05) is 39.4 Å². The molecule has 0 amide bonds. The Balaban J connectivity index is 4.40. The highest BCUT2D eigenvalue weighted by atomic mass is 31.2. The van der Waals surface area contributed by atoms with E-state index in [4.69, 9.17) is 18.5 Å². The van der Waals surface area contributed by atoms with E-state index in [2.05, 4.69) is 19.9 Å². The van der Waals surface area contributed by atoms with E-state index in [0.717, 1.165) is 44.9 Å². The molecule has 0 saturated carbocycles. The lowest BCUT2D eigenvalue weighted by molar-refractivity contribution is -0.870. The minimum atomic E-state index is -4.29. The van der Waals surface area contributed by atoms with Gasteiger partial charge in [-0.2, -0.15) is 0 Å². The number of carbonyl (C=O) groups excluding carboxylic acids is 2. The van der Waals surface area contributed by atoms with Crippen molar-refractivity contribution in [3.63, 3.8) is 0 Å². The summed E-state index contributed by atoms with van der Waals surface area (Å²) < 4.78 is 34.6. The summed E-state index contributed by atoms with van der Waals surface area (Å²) in [4.78, 5) is 34.6. The molecule has 0 heterocycles. The SMILES string of the molecule is CCCCC/C=C\C=C\C(=O)CCCCCCCC(=O)OC[C@H](COP(=O)(O)OCC[N+](C)(C)C)O/C=C/CCCCCCCCCCCCCC. The number of carbonyl (C=O) groups is 2. The average Bonchev–Trinajstić information content (AvgIpc) is 3.09. The average molecular weight is 757 g/mol. The second-order valence-electron chi connectivity index (χ2n) is 15.1. The number of unbranched alkanes of at least 4 members (excludes halogenated alkanes) is 19. The zero-order valence-electron chi connectivity index (χ0n) is 34.0. The molecule has 0 radical (unpaired) electrons. The summed E-state index contributed by atoms with van der Waals surface area (Å²) in [6, 6.07) is 0. The highest BCUT2D eigenvalue weighted by molar-refractivity contribution is 7.47. The third kappa shape index (κ3) is 38.0. The highest BCUT2D eigenvalue weighted by Gasteiger charge is 2.25. The van der Waals surface area contributed by atoms with Crippen LogP contribution in [-0.4, -0.2) is 74.7 Å². The molecule has 10 heteroatoms. The fourth-order valence-electron chi connectivity index (χ4n) is 5.40. The molecule has 0 aliphatic carbocycles. The maximum absolute atomic E-state index is 12.4. The van der Waals surface area contributed by atoms with Crippen LogP contribution in [0.4, 0.5) is 0 Å². The van der Waals surface area contributed by atoms with Crippen LogP contribution < -0.4 is 0 Å². The van der Waals surface area contributed by atoms with Gasteiger partial charge in [0.05, 0.1) is 34.0 Å². The van der Waals surface area contributed by atoms with Gasteiger partial charge in [-0.3, -0.25) is 18.6 Å². The lowest BCUT2D eigenvalue weighted by Gasteiger charge is -2.24. The highest BCUT2D eigenvalue weighted by Crippen LogP contribution is 2.43. The Kier molecular flexibility index (Phi) is 33.8. The van der Waals surface area contributed by atoms with Crippen molar-refractivity contribution >= 4 is 19.6 Å². The lowest BCUT2D eigenvalue weighted by atomic mass is 10.0. The van der Waals surface area contributed by atoms with Crippen LogP contribution in [0, 0.1) is 0 Å². The summed E-state index contributed by atoms with van der Waals surface area (Å²) in [5.74, 6) is -0.196. The molecule has 9 nitrogen and oxygen atoms in total. The van der Waals surface area contributed by atoms with E-state index in [-0.39, 0.29) is 38.0 Å². The topological polar surface area (TPSA) is 108 Å². The summed E-state index contributed by atoms with van der Waals surface area (Å²) >= 11 is 0. The molecule has 0 rings (SSSR count). The minimum absolute atomic E-state index is 0.0704. The predicted octanol–water partition coefficient (Wildman–Crippen LogP) is 11.4. The van der Waals surface area contributed by atoms with E-state index in [9.17, 15) is 19.0 Å². The third-order valence-electron chi connectivity index (χ3n) is 8.77. The molecule has 0 bridgehead atoms. The van der Waals surface area contributed by atoms with Gasteiger partial charge in [-0.1, -0.05) is 135 Å². The zero-order valence-corrected chi connectivity index (χ0v) is 34.9. The second kappa shape index (κ2) is 35.0. The van der Waals surface area contributed by atoms with Crippen LogP contribution >= 0.6 is 7.82 Å². The Bertz CT molecular complexity index is 991. The number of likely N-dealkylation sites (N-methyl/N-ethyl adjacent to an activating group) is 1. The number of allylic oxidation sites excluding steroid dienone is 5. The Hall–Kier alpha value is -1.77. The summed E-state index contributed by atoms with van der Waals surface area (Å²) in [5.41, 5.74) is 0. The lowest BCUT2D eigenvalue weighted by Crippen LogP contribution is -2.37. The van der Waals surface area contributed by atoms with E-state index in [1.54, 1.807) is 12.3 Å². The van der Waals surface area contributed by atoms with E-state index in [0.29, 0.717) is 23.9 Å². The van der Waals surface area contributed by atoms with Crippen molar-refractivity contribution in [2.75, 3.05) is 47.5 Å². The van der Waals surface area contributed by atoms with E-state index < -0.39 is 13.9 Å². The first-order valence-corrected chi connectivity index (χ1v) is 22.2. The number of phosphoric acid groups is 1. The van der Waals surface area contributed by atoms with Crippen molar-refractivity contribution < 1.29 is 42.1 Å². The first kappa shape index (κ1) is 50.2. The molecule has 304 valence electrons.